The second-order valence-electron chi connectivity index (χ2n) is 5.71. The van der Waals surface area contributed by atoms with Crippen molar-refractivity contribution in [3.63, 3.8) is 0 Å². The summed E-state index contributed by atoms with van der Waals surface area (Å²) in [6, 6.07) is 9.24. The third-order valence-electron chi connectivity index (χ3n) is 3.97. The fourth-order valence-electron chi connectivity index (χ4n) is 2.61. The number of aliphatic carboxylic acids is 1. The number of rotatable bonds is 6. The summed E-state index contributed by atoms with van der Waals surface area (Å²) in [7, 11) is 1.57. The van der Waals surface area contributed by atoms with Crippen molar-refractivity contribution in [1.29, 1.82) is 0 Å². The van der Waals surface area contributed by atoms with Crippen molar-refractivity contribution in [1.82, 2.24) is 5.32 Å². The zero-order chi connectivity index (χ0) is 18.7. The van der Waals surface area contributed by atoms with Gasteiger partial charge in [0.2, 0.25) is 0 Å². The van der Waals surface area contributed by atoms with Gasteiger partial charge in [-0.3, -0.25) is 10.1 Å². The Kier molecular flexibility index (Phi) is 5.90. The highest BCUT2D eigenvalue weighted by Crippen LogP contribution is 2.35. The number of benzene rings is 2. The maximum Gasteiger partial charge on any atom is 0.321 e. The van der Waals surface area contributed by atoms with E-state index in [1.54, 1.807) is 7.11 Å². The van der Waals surface area contributed by atoms with Gasteiger partial charge in [-0.1, -0.05) is 17.7 Å². The summed E-state index contributed by atoms with van der Waals surface area (Å²) in [4.78, 5) is 11.1. The molecule has 1 aliphatic heterocycles. The average molecular weight is 398 g/mol. The molecule has 8 heteroatoms. The first kappa shape index (κ1) is 18.8. The summed E-state index contributed by atoms with van der Waals surface area (Å²) in [5, 5.41) is 12.1. The van der Waals surface area contributed by atoms with Gasteiger partial charge >= 0.3 is 5.97 Å². The Hall–Kier alpha value is -1.96. The first-order chi connectivity index (χ1) is 12.5. The van der Waals surface area contributed by atoms with Crippen LogP contribution >= 0.6 is 23.4 Å². The Morgan fingerprint density at radius 2 is 2.19 bits per heavy atom. The van der Waals surface area contributed by atoms with E-state index in [-0.39, 0.29) is 17.0 Å². The fraction of sp³-hybridized carbons (Fsp3) is 0.278. The highest BCUT2D eigenvalue weighted by atomic mass is 35.5. The van der Waals surface area contributed by atoms with Crippen LogP contribution < -0.4 is 14.8 Å². The lowest BCUT2D eigenvalue weighted by Gasteiger charge is -2.16. The van der Waals surface area contributed by atoms with E-state index in [0.29, 0.717) is 17.3 Å². The van der Waals surface area contributed by atoms with E-state index < -0.39 is 17.8 Å². The van der Waals surface area contributed by atoms with Crippen molar-refractivity contribution in [2.75, 3.05) is 12.9 Å². The molecule has 26 heavy (non-hydrogen) atoms. The molecule has 0 bridgehead atoms. The Morgan fingerprint density at radius 1 is 1.38 bits per heavy atom. The van der Waals surface area contributed by atoms with Crippen molar-refractivity contribution in [3.8, 4) is 11.5 Å². The minimum absolute atomic E-state index is 0.00511. The Labute approximate surface area is 159 Å². The maximum atomic E-state index is 13.2. The molecule has 0 aromatic heterocycles. The number of nitrogens with one attached hydrogen (secondary N) is 1. The molecule has 1 fully saturated rings. The van der Waals surface area contributed by atoms with E-state index in [2.05, 4.69) is 5.32 Å². The van der Waals surface area contributed by atoms with E-state index in [1.807, 2.05) is 18.2 Å². The summed E-state index contributed by atoms with van der Waals surface area (Å²) >= 11 is 7.31. The quantitative estimate of drug-likeness (QED) is 0.771. The SMILES string of the molecule is COc1ccc([C@@H]2N[C@H](C(=O)O)CS2)cc1COc1ccc(F)c(Cl)c1. The van der Waals surface area contributed by atoms with Crippen LogP contribution in [-0.4, -0.2) is 30.0 Å². The molecular weight excluding hydrogens is 381 g/mol. The maximum absolute atomic E-state index is 13.2. The molecule has 2 aromatic rings. The number of methoxy groups -OCH3 is 1. The molecule has 0 radical (unpaired) electrons. The van der Waals surface area contributed by atoms with Gasteiger partial charge in [0.15, 0.2) is 0 Å². The van der Waals surface area contributed by atoms with Crippen LogP contribution in [0.5, 0.6) is 11.5 Å². The number of carboxylic acid groups (broad SMARTS) is 1. The minimum atomic E-state index is -0.856. The Morgan fingerprint density at radius 3 is 2.85 bits per heavy atom. The molecule has 0 saturated carbocycles. The molecule has 3 rings (SSSR count). The van der Waals surface area contributed by atoms with Gasteiger partial charge in [-0.15, -0.1) is 11.8 Å². The highest BCUT2D eigenvalue weighted by molar-refractivity contribution is 7.99. The van der Waals surface area contributed by atoms with E-state index in [1.165, 1.54) is 30.0 Å². The lowest BCUT2D eigenvalue weighted by atomic mass is 10.1. The second kappa shape index (κ2) is 8.16. The van der Waals surface area contributed by atoms with E-state index in [4.69, 9.17) is 26.2 Å². The van der Waals surface area contributed by atoms with Gasteiger partial charge in [0, 0.05) is 17.4 Å². The van der Waals surface area contributed by atoms with Crippen LogP contribution in [0.1, 0.15) is 16.5 Å². The van der Waals surface area contributed by atoms with Gasteiger partial charge in [0.05, 0.1) is 17.5 Å². The predicted molar refractivity (Wildman–Crippen MR) is 98.5 cm³/mol. The van der Waals surface area contributed by atoms with Gasteiger partial charge < -0.3 is 14.6 Å². The number of hydrogen-bond acceptors (Lipinski definition) is 5. The summed E-state index contributed by atoms with van der Waals surface area (Å²) in [6.45, 7) is 0.207. The molecule has 1 saturated heterocycles. The summed E-state index contributed by atoms with van der Waals surface area (Å²) < 4.78 is 24.3. The normalized spacial score (nSPS) is 19.3. The summed E-state index contributed by atoms with van der Waals surface area (Å²) in [5.74, 6) is 0.246. The number of carboxylic acids is 1. The van der Waals surface area contributed by atoms with E-state index in [9.17, 15) is 9.18 Å². The molecule has 2 aromatic carbocycles. The molecule has 1 aliphatic rings. The van der Waals surface area contributed by atoms with Gasteiger partial charge in [-0.2, -0.15) is 0 Å². The van der Waals surface area contributed by atoms with Crippen LogP contribution in [0.3, 0.4) is 0 Å². The van der Waals surface area contributed by atoms with E-state index in [0.717, 1.165) is 11.1 Å². The number of halogens is 2. The lowest BCUT2D eigenvalue weighted by Crippen LogP contribution is -2.33. The highest BCUT2D eigenvalue weighted by Gasteiger charge is 2.30. The lowest BCUT2D eigenvalue weighted by molar-refractivity contribution is -0.138. The van der Waals surface area contributed by atoms with Crippen LogP contribution in [-0.2, 0) is 11.4 Å². The van der Waals surface area contributed by atoms with Gasteiger partial charge in [-0.25, -0.2) is 4.39 Å². The van der Waals surface area contributed by atoms with Crippen LogP contribution in [0.2, 0.25) is 5.02 Å². The summed E-state index contributed by atoms with van der Waals surface area (Å²) in [5.41, 5.74) is 1.74. The fourth-order valence-corrected chi connectivity index (χ4v) is 4.00. The van der Waals surface area contributed by atoms with Crippen LogP contribution in [0.25, 0.3) is 0 Å². The standard InChI is InChI=1S/C18H17ClFNO4S/c1-24-16-5-2-10(17-21-15(9-26-17)18(22)23)6-11(16)8-25-12-3-4-14(20)13(19)7-12/h2-7,15,17,21H,8-9H2,1H3,(H,22,23)/t15-,17+/m0/s1. The number of thioether (sulfide) groups is 1. The Bertz CT molecular complexity index is 820. The first-order valence-electron chi connectivity index (χ1n) is 7.83. The molecule has 5 nitrogen and oxygen atoms in total. The van der Waals surface area contributed by atoms with Gasteiger partial charge in [-0.05, 0) is 29.8 Å². The zero-order valence-electron chi connectivity index (χ0n) is 13.9. The van der Waals surface area contributed by atoms with Crippen molar-refractivity contribution < 1.29 is 23.8 Å². The number of ether oxygens (including phenoxy) is 2. The smallest absolute Gasteiger partial charge is 0.321 e. The predicted octanol–water partition coefficient (Wildman–Crippen LogP) is 3.85. The molecule has 2 N–H and O–H groups in total. The molecule has 2 atom stereocenters. The van der Waals surface area contributed by atoms with Gasteiger partial charge in [0.1, 0.15) is 30.0 Å². The molecule has 0 aliphatic carbocycles. The Balaban J connectivity index is 1.75. The minimum Gasteiger partial charge on any atom is -0.496 e. The van der Waals surface area contributed by atoms with E-state index >= 15 is 0 Å². The molecule has 138 valence electrons. The van der Waals surface area contributed by atoms with Crippen molar-refractivity contribution in [2.24, 2.45) is 0 Å². The third-order valence-corrected chi connectivity index (χ3v) is 5.53. The van der Waals surface area contributed by atoms with Crippen molar-refractivity contribution >= 4 is 29.3 Å². The van der Waals surface area contributed by atoms with Gasteiger partial charge in [0.25, 0.3) is 0 Å². The van der Waals surface area contributed by atoms with Crippen LogP contribution in [0.15, 0.2) is 36.4 Å². The average Bonchev–Trinajstić information content (AvgIpc) is 3.13. The van der Waals surface area contributed by atoms with Crippen molar-refractivity contribution in [3.05, 3.63) is 58.4 Å². The zero-order valence-corrected chi connectivity index (χ0v) is 15.4. The third kappa shape index (κ3) is 4.23. The molecular formula is C18H17ClFNO4S. The molecule has 1 heterocycles. The molecule has 0 unspecified atom stereocenters. The van der Waals surface area contributed by atoms with Crippen LogP contribution in [0.4, 0.5) is 4.39 Å². The molecule has 0 amide bonds. The summed E-state index contributed by atoms with van der Waals surface area (Å²) in [6.07, 6.45) is 0. The second-order valence-corrected chi connectivity index (χ2v) is 7.25. The topological polar surface area (TPSA) is 67.8 Å². The number of hydrogen-bond donors (Lipinski definition) is 2. The first-order valence-corrected chi connectivity index (χ1v) is 9.25. The number of carbonyl (C=O) groups is 1. The van der Waals surface area contributed by atoms with Crippen molar-refractivity contribution in [2.45, 2.75) is 18.0 Å². The monoisotopic (exact) mass is 397 g/mol. The van der Waals surface area contributed by atoms with Crippen LogP contribution in [0, 0.1) is 5.82 Å². The molecule has 0 spiro atoms. The largest absolute Gasteiger partial charge is 0.496 e.